The maximum atomic E-state index is 13.6. The van der Waals surface area contributed by atoms with E-state index in [1.54, 1.807) is 55.6 Å². The molecule has 1 aliphatic heterocycles. The van der Waals surface area contributed by atoms with Crippen molar-refractivity contribution in [1.29, 1.82) is 0 Å². The first kappa shape index (κ1) is 35.3. The van der Waals surface area contributed by atoms with Crippen LogP contribution in [0.15, 0.2) is 97.1 Å². The molecular weight excluding hydrogens is 604 g/mol. The molecule has 0 saturated carbocycles. The zero-order valence-electron chi connectivity index (χ0n) is 26.6. The number of nitrogens with zero attached hydrogens (tertiary/aromatic N) is 1. The predicted molar refractivity (Wildman–Crippen MR) is 176 cm³/mol. The summed E-state index contributed by atoms with van der Waals surface area (Å²) in [7, 11) is 1.57. The van der Waals surface area contributed by atoms with Gasteiger partial charge in [0.25, 0.3) is 0 Å². The number of carbonyl (C=O) groups is 2. The van der Waals surface area contributed by atoms with Crippen molar-refractivity contribution < 1.29 is 38.1 Å². The van der Waals surface area contributed by atoms with Gasteiger partial charge in [0.1, 0.15) is 11.6 Å². The topological polar surface area (TPSA) is 96.3 Å². The lowest BCUT2D eigenvalue weighted by molar-refractivity contribution is -0.146. The monoisotopic (exact) mass is 645 g/mol. The van der Waals surface area contributed by atoms with Crippen LogP contribution in [0.1, 0.15) is 65.3 Å². The van der Waals surface area contributed by atoms with E-state index in [0.29, 0.717) is 35.2 Å². The number of halogens is 2. The van der Waals surface area contributed by atoms with Crippen LogP contribution in [0.2, 0.25) is 0 Å². The molecule has 1 atom stereocenters. The quantitative estimate of drug-likeness (QED) is 0.123. The number of methoxy groups -OCH3 is 1. The Morgan fingerprint density at radius 3 is 1.91 bits per heavy atom. The largest absolute Gasteiger partial charge is 0.493 e. The summed E-state index contributed by atoms with van der Waals surface area (Å²) in [5.41, 5.74) is 3.14. The van der Waals surface area contributed by atoms with Crippen molar-refractivity contribution in [2.75, 3.05) is 33.4 Å². The third kappa shape index (κ3) is 10.2. The minimum atomic E-state index is -1.41. The molecule has 2 N–H and O–H groups in total. The van der Waals surface area contributed by atoms with E-state index in [4.69, 9.17) is 19.7 Å². The fourth-order valence-corrected chi connectivity index (χ4v) is 5.84. The number of rotatable bonds is 12. The summed E-state index contributed by atoms with van der Waals surface area (Å²) in [6, 6.07) is 26.9. The van der Waals surface area contributed by atoms with Gasteiger partial charge in [-0.25, -0.2) is 13.6 Å². The molecule has 0 radical (unpaired) electrons. The van der Waals surface area contributed by atoms with Crippen LogP contribution in [0.5, 0.6) is 11.5 Å². The van der Waals surface area contributed by atoms with Crippen molar-refractivity contribution in [1.82, 2.24) is 4.90 Å². The maximum Gasteiger partial charge on any atom is 0.337 e. The van der Waals surface area contributed by atoms with Crippen LogP contribution in [0.3, 0.4) is 0 Å². The molecule has 7 nitrogen and oxygen atoms in total. The number of carboxylic acids is 1. The summed E-state index contributed by atoms with van der Waals surface area (Å²) in [6.45, 7) is 4.96. The Hall–Kier alpha value is -4.60. The van der Waals surface area contributed by atoms with Gasteiger partial charge in [-0.15, -0.1) is 0 Å². The predicted octanol–water partition coefficient (Wildman–Crippen LogP) is 7.29. The summed E-state index contributed by atoms with van der Waals surface area (Å²) in [6.07, 6.45) is 1.50. The Morgan fingerprint density at radius 2 is 1.40 bits per heavy atom. The fraction of sp³-hybridized carbons (Fsp3) is 0.316. The number of aliphatic carboxylic acids is 1. The van der Waals surface area contributed by atoms with Crippen molar-refractivity contribution >= 4 is 11.8 Å². The molecule has 4 aromatic carbocycles. The number of likely N-dealkylation sites (tertiary alicyclic amines) is 1. The number of ketones is 1. The highest BCUT2D eigenvalue weighted by molar-refractivity contribution is 5.94. The Kier molecular flexibility index (Phi) is 13.0. The molecule has 1 fully saturated rings. The van der Waals surface area contributed by atoms with Gasteiger partial charge in [-0.3, -0.25) is 4.79 Å². The van der Waals surface area contributed by atoms with Gasteiger partial charge in [0, 0.05) is 18.0 Å². The van der Waals surface area contributed by atoms with E-state index < -0.39 is 12.1 Å². The van der Waals surface area contributed by atoms with Gasteiger partial charge in [0.05, 0.1) is 13.7 Å². The number of carboxylic acid groups (broad SMARTS) is 1. The van der Waals surface area contributed by atoms with Crippen LogP contribution in [0.4, 0.5) is 8.78 Å². The van der Waals surface area contributed by atoms with Crippen LogP contribution >= 0.6 is 0 Å². The van der Waals surface area contributed by atoms with E-state index in [1.807, 2.05) is 24.3 Å². The van der Waals surface area contributed by atoms with Crippen LogP contribution in [-0.4, -0.2) is 60.2 Å². The van der Waals surface area contributed by atoms with Gasteiger partial charge >= 0.3 is 5.97 Å². The summed E-state index contributed by atoms with van der Waals surface area (Å²) in [5.74, 6) is -0.0129. The zero-order valence-corrected chi connectivity index (χ0v) is 26.6. The lowest BCUT2D eigenvalue weighted by atomic mass is 9.76. The molecule has 4 aromatic rings. The molecule has 0 amide bonds. The number of hydrogen-bond acceptors (Lipinski definition) is 6. The van der Waals surface area contributed by atoms with Gasteiger partial charge in [0.15, 0.2) is 23.4 Å². The third-order valence-corrected chi connectivity index (χ3v) is 8.36. The Balaban J connectivity index is 0.000000385. The lowest BCUT2D eigenvalue weighted by Crippen LogP contribution is -2.36. The number of piperidine rings is 1. The molecule has 0 aromatic heterocycles. The molecule has 9 heteroatoms. The number of ether oxygens (including phenoxy) is 2. The van der Waals surface area contributed by atoms with Gasteiger partial charge in [-0.1, -0.05) is 54.6 Å². The summed E-state index contributed by atoms with van der Waals surface area (Å²) >= 11 is 0. The number of benzene rings is 4. The van der Waals surface area contributed by atoms with Crippen molar-refractivity contribution in [2.24, 2.45) is 5.92 Å². The van der Waals surface area contributed by atoms with E-state index in [2.05, 4.69) is 4.90 Å². The minimum Gasteiger partial charge on any atom is -0.493 e. The highest BCUT2D eigenvalue weighted by Gasteiger charge is 2.29. The number of Topliss-reactive ketones (excluding diaryl/α,β-unsaturated/α-hetero) is 1. The maximum absolute atomic E-state index is 13.6. The first-order valence-electron chi connectivity index (χ1n) is 15.7. The zero-order chi connectivity index (χ0) is 33.8. The van der Waals surface area contributed by atoms with E-state index in [0.717, 1.165) is 50.0 Å². The second kappa shape index (κ2) is 17.4. The van der Waals surface area contributed by atoms with Crippen LogP contribution in [-0.2, 0) is 4.79 Å². The molecule has 1 heterocycles. The number of aliphatic hydroxyl groups is 1. The molecule has 5 rings (SSSR count). The molecule has 1 saturated heterocycles. The van der Waals surface area contributed by atoms with Gasteiger partial charge < -0.3 is 24.6 Å². The van der Waals surface area contributed by atoms with Gasteiger partial charge in [-0.05, 0) is 104 Å². The third-order valence-electron chi connectivity index (χ3n) is 8.36. The lowest BCUT2D eigenvalue weighted by Gasteiger charge is -2.36. The summed E-state index contributed by atoms with van der Waals surface area (Å²) < 4.78 is 38.4. The molecule has 0 bridgehead atoms. The average molecular weight is 646 g/mol. The van der Waals surface area contributed by atoms with Crippen LogP contribution < -0.4 is 9.47 Å². The second-order valence-electron chi connectivity index (χ2n) is 11.5. The number of aliphatic hydroxyl groups excluding tert-OH is 1. The van der Waals surface area contributed by atoms with E-state index in [-0.39, 0.29) is 23.3 Å². The van der Waals surface area contributed by atoms with Gasteiger partial charge in [-0.2, -0.15) is 0 Å². The standard InChI is InChI=1S/C30H33F2NO3.C8H8O3/c1-21(34)25-8-13-28(29(20-25)35-2)36-19-3-16-33-17-14-24(15-18-33)30(22-4-9-26(31)10-5-22)23-6-11-27(32)12-7-23;9-7(8(10)11)6-4-2-1-3-5-6/h4-13,20,24,30H,3,14-19H2,1-2H3;1-5,7,9H,(H,10,11). The SMILES string of the molecule is COc1cc(C(C)=O)ccc1OCCCN1CCC(C(c2ccc(F)cc2)c2ccc(F)cc2)CC1.O=C(O)C(O)c1ccccc1. The average Bonchev–Trinajstić information content (AvgIpc) is 3.09. The number of carbonyl (C=O) groups excluding carboxylic acids is 1. The molecule has 1 aliphatic rings. The summed E-state index contributed by atoms with van der Waals surface area (Å²) in [5, 5.41) is 17.4. The Labute approximate surface area is 274 Å². The van der Waals surface area contributed by atoms with Crippen molar-refractivity contribution in [3.05, 3.63) is 131 Å². The second-order valence-corrected chi connectivity index (χ2v) is 11.5. The van der Waals surface area contributed by atoms with Crippen molar-refractivity contribution in [3.63, 3.8) is 0 Å². The highest BCUT2D eigenvalue weighted by Crippen LogP contribution is 2.38. The molecule has 0 aliphatic carbocycles. The van der Waals surface area contributed by atoms with Crippen molar-refractivity contribution in [2.45, 2.75) is 38.2 Å². The van der Waals surface area contributed by atoms with E-state index >= 15 is 0 Å². The molecule has 0 spiro atoms. The van der Waals surface area contributed by atoms with Gasteiger partial charge in [0.2, 0.25) is 0 Å². The summed E-state index contributed by atoms with van der Waals surface area (Å²) in [4.78, 5) is 24.3. The molecule has 1 unspecified atom stereocenters. The first-order chi connectivity index (χ1) is 22.7. The van der Waals surface area contributed by atoms with Crippen LogP contribution in [0.25, 0.3) is 0 Å². The Bertz CT molecular complexity index is 1530. The molecule has 47 heavy (non-hydrogen) atoms. The van der Waals surface area contributed by atoms with E-state index in [9.17, 15) is 18.4 Å². The van der Waals surface area contributed by atoms with E-state index in [1.165, 1.54) is 31.2 Å². The normalized spacial score (nSPS) is 14.2. The minimum absolute atomic E-state index is 0.00986. The number of hydrogen-bond donors (Lipinski definition) is 2. The smallest absolute Gasteiger partial charge is 0.337 e. The van der Waals surface area contributed by atoms with Crippen molar-refractivity contribution in [3.8, 4) is 11.5 Å². The first-order valence-corrected chi connectivity index (χ1v) is 15.7. The molecular formula is C38H41F2NO6. The highest BCUT2D eigenvalue weighted by atomic mass is 19.1. The fourth-order valence-electron chi connectivity index (χ4n) is 5.84. The Morgan fingerprint density at radius 1 is 0.830 bits per heavy atom. The van der Waals surface area contributed by atoms with Crippen LogP contribution in [0, 0.1) is 17.6 Å². The molecule has 248 valence electrons.